The van der Waals surface area contributed by atoms with Crippen molar-refractivity contribution in [2.45, 2.75) is 37.2 Å². The number of morpholine rings is 1. The van der Waals surface area contributed by atoms with Crippen LogP contribution >= 0.6 is 0 Å². The maximum absolute atomic E-state index is 13.4. The van der Waals surface area contributed by atoms with Crippen LogP contribution in [0.1, 0.15) is 24.1 Å². The number of fused-ring (bicyclic) bond motifs is 3. The van der Waals surface area contributed by atoms with Crippen molar-refractivity contribution in [1.29, 1.82) is 0 Å². The highest BCUT2D eigenvalue weighted by Gasteiger charge is 2.32. The van der Waals surface area contributed by atoms with Crippen LogP contribution in [-0.2, 0) is 43.9 Å². The van der Waals surface area contributed by atoms with Crippen LogP contribution < -0.4 is 15.5 Å². The number of unbranched alkanes of at least 4 members (excludes halogenated alkanes) is 1. The number of rotatable bonds is 11. The molecule has 0 aliphatic carbocycles. The first-order valence-electron chi connectivity index (χ1n) is 14.0. The summed E-state index contributed by atoms with van der Waals surface area (Å²) in [6.07, 6.45) is 2.73. The van der Waals surface area contributed by atoms with Gasteiger partial charge in [-0.2, -0.15) is 4.31 Å². The topological polar surface area (TPSA) is 142 Å². The highest BCUT2D eigenvalue weighted by molar-refractivity contribution is 7.89. The first kappa shape index (κ1) is 31.4. The Morgan fingerprint density at radius 3 is 2.48 bits per heavy atom. The number of para-hydroxylation sites is 1. The van der Waals surface area contributed by atoms with Crippen LogP contribution in [-0.4, -0.2) is 92.8 Å². The zero-order valence-corrected chi connectivity index (χ0v) is 24.6. The molecule has 0 saturated carbocycles. The molecule has 0 atom stereocenters. The highest BCUT2D eigenvalue weighted by Crippen LogP contribution is 2.33. The van der Waals surface area contributed by atoms with Gasteiger partial charge in [0.2, 0.25) is 22.3 Å². The fraction of sp³-hybridized carbons (Fsp3) is 0.448. The van der Waals surface area contributed by atoms with Gasteiger partial charge in [0.25, 0.3) is 0 Å². The van der Waals surface area contributed by atoms with Crippen LogP contribution in [0.5, 0.6) is 5.75 Å². The number of sulfonamides is 1. The number of methoxy groups -OCH3 is 1. The first-order chi connectivity index (χ1) is 20.4. The minimum absolute atomic E-state index is 0.0601. The third kappa shape index (κ3) is 7.66. The van der Waals surface area contributed by atoms with E-state index in [1.165, 1.54) is 9.79 Å². The molecule has 2 aliphatic heterocycles. The van der Waals surface area contributed by atoms with E-state index >= 15 is 0 Å². The van der Waals surface area contributed by atoms with E-state index in [2.05, 4.69) is 16.3 Å². The monoisotopic (exact) mass is 601 g/mol. The lowest BCUT2D eigenvalue weighted by Crippen LogP contribution is -2.38. The van der Waals surface area contributed by atoms with E-state index in [9.17, 15) is 13.2 Å². The molecule has 3 N–H and O–H groups in total. The second-order valence-electron chi connectivity index (χ2n) is 10.1. The molecule has 2 aliphatic rings. The normalized spacial score (nSPS) is 15.8. The second kappa shape index (κ2) is 15.1. The average molecular weight is 602 g/mol. The van der Waals surface area contributed by atoms with Crippen LogP contribution in [0.3, 0.4) is 0 Å². The molecule has 1 fully saturated rings. The number of aromatic nitrogens is 1. The number of carbonyl (C=O) groups is 2. The number of amides is 2. The molecule has 1 aromatic heterocycles. The van der Waals surface area contributed by atoms with E-state index < -0.39 is 10.0 Å². The molecule has 13 heteroatoms. The summed E-state index contributed by atoms with van der Waals surface area (Å²) in [4.78, 5) is 24.4. The Labute approximate surface area is 246 Å². The maximum atomic E-state index is 13.4. The van der Waals surface area contributed by atoms with E-state index in [0.29, 0.717) is 25.3 Å². The smallest absolute Gasteiger partial charge is 0.243 e. The SMILES string of the molecule is COc1ccc(S(=O)(=O)N2CCc3c(n(CC(=O)NCCCCN4CCOCC4)c4ccccc34)C2)cc1.O=CNO. The van der Waals surface area contributed by atoms with Crippen LogP contribution in [0.15, 0.2) is 53.4 Å². The van der Waals surface area contributed by atoms with Gasteiger partial charge in [0.1, 0.15) is 12.3 Å². The lowest BCUT2D eigenvalue weighted by atomic mass is 10.0. The summed E-state index contributed by atoms with van der Waals surface area (Å²) in [6.45, 7) is 5.98. The highest BCUT2D eigenvalue weighted by atomic mass is 32.2. The number of hydroxylamine groups is 1. The van der Waals surface area contributed by atoms with Gasteiger partial charge in [-0.15, -0.1) is 0 Å². The van der Waals surface area contributed by atoms with Gasteiger partial charge in [0, 0.05) is 42.8 Å². The second-order valence-corrected chi connectivity index (χ2v) is 12.0. The van der Waals surface area contributed by atoms with E-state index in [-0.39, 0.29) is 30.3 Å². The number of carbonyl (C=O) groups excluding carboxylic acids is 2. The quantitative estimate of drug-likeness (QED) is 0.131. The molecular weight excluding hydrogens is 562 g/mol. The van der Waals surface area contributed by atoms with E-state index in [0.717, 1.165) is 67.8 Å². The van der Waals surface area contributed by atoms with Crippen LogP contribution in [0.4, 0.5) is 0 Å². The maximum Gasteiger partial charge on any atom is 0.243 e. The minimum Gasteiger partial charge on any atom is -0.497 e. The van der Waals surface area contributed by atoms with Crippen molar-refractivity contribution in [2.75, 3.05) is 53.0 Å². The molecule has 1 saturated heterocycles. The molecule has 0 spiro atoms. The number of hydrogen-bond acceptors (Lipinski definition) is 8. The number of ether oxygens (including phenoxy) is 2. The molecule has 2 amide bonds. The minimum atomic E-state index is -3.69. The number of hydrogen-bond donors (Lipinski definition) is 3. The molecule has 3 heterocycles. The van der Waals surface area contributed by atoms with E-state index in [1.54, 1.807) is 31.4 Å². The number of nitrogens with zero attached hydrogens (tertiary/aromatic N) is 3. The van der Waals surface area contributed by atoms with Crippen molar-refractivity contribution >= 4 is 33.2 Å². The molecule has 12 nitrogen and oxygen atoms in total. The average Bonchev–Trinajstić information content (AvgIpc) is 3.34. The summed E-state index contributed by atoms with van der Waals surface area (Å²) >= 11 is 0. The van der Waals surface area contributed by atoms with Crippen molar-refractivity contribution in [2.24, 2.45) is 0 Å². The predicted molar refractivity (Wildman–Crippen MR) is 157 cm³/mol. The van der Waals surface area contributed by atoms with Crippen molar-refractivity contribution in [1.82, 2.24) is 24.6 Å². The molecule has 3 aromatic rings. The van der Waals surface area contributed by atoms with Crippen LogP contribution in [0.25, 0.3) is 10.9 Å². The summed E-state index contributed by atoms with van der Waals surface area (Å²) < 4.78 is 41.0. The van der Waals surface area contributed by atoms with Gasteiger partial charge in [-0.05, 0) is 61.7 Å². The fourth-order valence-electron chi connectivity index (χ4n) is 5.37. The number of nitrogens with one attached hydrogen (secondary N) is 2. The summed E-state index contributed by atoms with van der Waals surface area (Å²) in [5.74, 6) is 0.548. The van der Waals surface area contributed by atoms with Gasteiger partial charge < -0.3 is 19.4 Å². The molecule has 228 valence electrons. The lowest BCUT2D eigenvalue weighted by molar-refractivity contribution is -0.121. The Morgan fingerprint density at radius 1 is 1.07 bits per heavy atom. The van der Waals surface area contributed by atoms with Gasteiger partial charge >= 0.3 is 0 Å². The van der Waals surface area contributed by atoms with Gasteiger partial charge in [-0.1, -0.05) is 18.2 Å². The molecular formula is C29H39N5O7S. The van der Waals surface area contributed by atoms with Gasteiger partial charge in [0.15, 0.2) is 0 Å². The van der Waals surface area contributed by atoms with Crippen molar-refractivity contribution < 1.29 is 32.7 Å². The van der Waals surface area contributed by atoms with Crippen molar-refractivity contribution in [3.05, 3.63) is 59.8 Å². The molecule has 42 heavy (non-hydrogen) atoms. The van der Waals surface area contributed by atoms with E-state index in [1.807, 2.05) is 22.8 Å². The summed E-state index contributed by atoms with van der Waals surface area (Å²) in [5, 5.41) is 11.4. The largest absolute Gasteiger partial charge is 0.497 e. The lowest BCUT2D eigenvalue weighted by Gasteiger charge is -2.28. The first-order valence-corrected chi connectivity index (χ1v) is 15.5. The van der Waals surface area contributed by atoms with Gasteiger partial charge in [-0.3, -0.25) is 19.7 Å². The molecule has 0 radical (unpaired) electrons. The van der Waals surface area contributed by atoms with Crippen molar-refractivity contribution in [3.8, 4) is 5.75 Å². The fourth-order valence-corrected chi connectivity index (χ4v) is 6.77. The predicted octanol–water partition coefficient (Wildman–Crippen LogP) is 1.75. The Hall–Kier alpha value is -3.49. The Kier molecular flexibility index (Phi) is 11.3. The Bertz CT molecular complexity index is 1440. The molecule has 2 aromatic carbocycles. The molecule has 5 rings (SSSR count). The zero-order chi connectivity index (χ0) is 30.0. The third-order valence-electron chi connectivity index (χ3n) is 7.51. The van der Waals surface area contributed by atoms with Crippen LogP contribution in [0, 0.1) is 0 Å². The summed E-state index contributed by atoms with van der Waals surface area (Å²) in [6, 6.07) is 14.5. The Morgan fingerprint density at radius 2 is 1.79 bits per heavy atom. The van der Waals surface area contributed by atoms with Crippen molar-refractivity contribution in [3.63, 3.8) is 0 Å². The van der Waals surface area contributed by atoms with Crippen LogP contribution in [0.2, 0.25) is 0 Å². The van der Waals surface area contributed by atoms with E-state index in [4.69, 9.17) is 19.5 Å². The number of benzene rings is 2. The summed E-state index contributed by atoms with van der Waals surface area (Å²) in [7, 11) is -2.14. The molecule has 0 unspecified atom stereocenters. The molecule has 0 bridgehead atoms. The van der Waals surface area contributed by atoms with Gasteiger partial charge in [-0.25, -0.2) is 13.9 Å². The zero-order valence-electron chi connectivity index (χ0n) is 23.8. The third-order valence-corrected chi connectivity index (χ3v) is 9.37. The Balaban J connectivity index is 0.000000952. The summed E-state index contributed by atoms with van der Waals surface area (Å²) in [5.41, 5.74) is 4.22. The standard InChI is InChI=1S/C28H36N4O5S.CH3NO2/c1-36-22-8-10-23(11-9-22)38(34,35)31-15-12-25-24-6-2-3-7-26(24)32(27(25)20-31)21-28(33)29-13-4-5-14-30-16-18-37-19-17-30;3-1-2-4/h2-3,6-11H,4-5,12-21H2,1H3,(H,29,33);1,4H,(H,2,3). The van der Waals surface area contributed by atoms with Gasteiger partial charge in [0.05, 0.1) is 31.8 Å².